The number of fused-ring (bicyclic) bond motifs is 3. The molecule has 0 unspecified atom stereocenters. The van der Waals surface area contributed by atoms with E-state index < -0.39 is 0 Å². The summed E-state index contributed by atoms with van der Waals surface area (Å²) in [5.41, 5.74) is 5.39. The first kappa shape index (κ1) is 12.0. The summed E-state index contributed by atoms with van der Waals surface area (Å²) in [6.45, 7) is 2.06. The molecule has 2 heterocycles. The molecule has 3 aromatic rings. The highest BCUT2D eigenvalue weighted by Crippen LogP contribution is 2.31. The van der Waals surface area contributed by atoms with Crippen LogP contribution in [0.5, 0.6) is 0 Å². The van der Waals surface area contributed by atoms with E-state index in [0.29, 0.717) is 0 Å². The van der Waals surface area contributed by atoms with E-state index in [4.69, 9.17) is 0 Å². The van der Waals surface area contributed by atoms with Gasteiger partial charge in [-0.1, -0.05) is 34.1 Å². The summed E-state index contributed by atoms with van der Waals surface area (Å²) in [6.07, 6.45) is 1.08. The molecular weight excluding hydrogens is 312 g/mol. The lowest BCUT2D eigenvalue weighted by atomic mass is 10.0. The van der Waals surface area contributed by atoms with Crippen molar-refractivity contribution in [2.24, 2.45) is 0 Å². The molecule has 0 aliphatic carbocycles. The first-order chi connectivity index (χ1) is 9.81. The van der Waals surface area contributed by atoms with Gasteiger partial charge in [0.15, 0.2) is 0 Å². The minimum absolute atomic E-state index is 0.982. The van der Waals surface area contributed by atoms with Gasteiger partial charge in [0, 0.05) is 51.8 Å². The Morgan fingerprint density at radius 2 is 1.90 bits per heavy atom. The van der Waals surface area contributed by atoms with Gasteiger partial charge in [-0.05, 0) is 30.3 Å². The fourth-order valence-electron chi connectivity index (χ4n) is 3.05. The number of nitrogens with one attached hydrogen (secondary N) is 1. The molecule has 20 heavy (non-hydrogen) atoms. The first-order valence-corrected chi connectivity index (χ1v) is 7.69. The van der Waals surface area contributed by atoms with Gasteiger partial charge in [0.2, 0.25) is 0 Å². The minimum Gasteiger partial charge on any atom is -0.367 e. The molecule has 0 saturated carbocycles. The van der Waals surface area contributed by atoms with E-state index >= 15 is 0 Å². The van der Waals surface area contributed by atoms with Crippen LogP contribution in [0.25, 0.3) is 10.9 Å². The zero-order valence-corrected chi connectivity index (χ0v) is 12.7. The number of aromatic nitrogens is 1. The number of hydrogen-bond donors (Lipinski definition) is 1. The number of benzene rings is 2. The first-order valence-electron chi connectivity index (χ1n) is 6.90. The highest BCUT2D eigenvalue weighted by Gasteiger charge is 2.20. The second kappa shape index (κ2) is 4.67. The Kier molecular flexibility index (Phi) is 2.81. The molecule has 0 amide bonds. The quantitative estimate of drug-likeness (QED) is 0.697. The smallest absolute Gasteiger partial charge is 0.0460 e. The van der Waals surface area contributed by atoms with E-state index in [1.807, 2.05) is 0 Å². The molecule has 1 aromatic heterocycles. The number of rotatable bonds is 1. The van der Waals surface area contributed by atoms with Crippen LogP contribution >= 0.6 is 15.9 Å². The lowest BCUT2D eigenvalue weighted by Crippen LogP contribution is -2.29. The number of H-pyrrole nitrogens is 1. The maximum Gasteiger partial charge on any atom is 0.0460 e. The van der Waals surface area contributed by atoms with Gasteiger partial charge >= 0.3 is 0 Å². The van der Waals surface area contributed by atoms with Crippen LogP contribution in [0.3, 0.4) is 0 Å². The Hall–Kier alpha value is -1.74. The summed E-state index contributed by atoms with van der Waals surface area (Å²) in [5.74, 6) is 0. The Bertz CT molecular complexity index is 761. The number of anilines is 1. The van der Waals surface area contributed by atoms with E-state index in [1.165, 1.54) is 27.8 Å². The van der Waals surface area contributed by atoms with E-state index in [2.05, 4.69) is 74.3 Å². The lowest BCUT2D eigenvalue weighted by Gasteiger charge is -2.29. The molecule has 4 rings (SSSR count). The molecule has 0 bridgehead atoms. The Balaban J connectivity index is 1.78. The summed E-state index contributed by atoms with van der Waals surface area (Å²) in [5, 5.41) is 1.34. The fraction of sp³-hybridized carbons (Fsp3) is 0.176. The van der Waals surface area contributed by atoms with Crippen LogP contribution in [0.2, 0.25) is 0 Å². The van der Waals surface area contributed by atoms with Crippen LogP contribution < -0.4 is 4.90 Å². The van der Waals surface area contributed by atoms with Crippen LogP contribution in [0.1, 0.15) is 11.3 Å². The summed E-state index contributed by atoms with van der Waals surface area (Å²) >= 11 is 3.58. The van der Waals surface area contributed by atoms with Gasteiger partial charge in [-0.15, -0.1) is 0 Å². The van der Waals surface area contributed by atoms with Gasteiger partial charge in [0.25, 0.3) is 0 Å². The number of aromatic amines is 1. The monoisotopic (exact) mass is 326 g/mol. The molecule has 2 nitrogen and oxygen atoms in total. The molecule has 0 fully saturated rings. The summed E-state index contributed by atoms with van der Waals surface area (Å²) < 4.78 is 1.14. The van der Waals surface area contributed by atoms with Crippen molar-refractivity contribution in [3.8, 4) is 0 Å². The van der Waals surface area contributed by atoms with E-state index in [0.717, 1.165) is 24.0 Å². The topological polar surface area (TPSA) is 19.0 Å². The maximum absolute atomic E-state index is 3.58. The van der Waals surface area contributed by atoms with Crippen LogP contribution in [0.4, 0.5) is 5.69 Å². The fourth-order valence-corrected chi connectivity index (χ4v) is 3.41. The zero-order valence-electron chi connectivity index (χ0n) is 11.1. The third-order valence-electron chi connectivity index (χ3n) is 4.06. The molecule has 0 spiro atoms. The number of nitrogens with zero attached hydrogens (tertiary/aromatic N) is 1. The summed E-state index contributed by atoms with van der Waals surface area (Å²) in [7, 11) is 0. The van der Waals surface area contributed by atoms with Gasteiger partial charge in [0.1, 0.15) is 0 Å². The van der Waals surface area contributed by atoms with Crippen molar-refractivity contribution in [2.75, 3.05) is 11.4 Å². The van der Waals surface area contributed by atoms with Crippen molar-refractivity contribution in [1.29, 1.82) is 0 Å². The number of halogens is 1. The molecule has 0 atom stereocenters. The Morgan fingerprint density at radius 1 is 1.05 bits per heavy atom. The largest absolute Gasteiger partial charge is 0.367 e. The van der Waals surface area contributed by atoms with Crippen LogP contribution in [0, 0.1) is 0 Å². The molecule has 0 saturated heterocycles. The second-order valence-electron chi connectivity index (χ2n) is 5.28. The lowest BCUT2D eigenvalue weighted by molar-refractivity contribution is 0.726. The molecule has 1 aliphatic rings. The normalized spacial score (nSPS) is 14.6. The molecule has 0 radical (unpaired) electrons. The van der Waals surface area contributed by atoms with Crippen molar-refractivity contribution >= 4 is 32.5 Å². The molecule has 2 aromatic carbocycles. The van der Waals surface area contributed by atoms with Crippen molar-refractivity contribution in [1.82, 2.24) is 4.98 Å². The highest BCUT2D eigenvalue weighted by molar-refractivity contribution is 9.10. The minimum atomic E-state index is 0.982. The summed E-state index contributed by atoms with van der Waals surface area (Å²) in [4.78, 5) is 6.02. The average Bonchev–Trinajstić information content (AvgIpc) is 2.85. The van der Waals surface area contributed by atoms with Gasteiger partial charge in [-0.3, -0.25) is 0 Å². The van der Waals surface area contributed by atoms with Crippen LogP contribution in [-0.4, -0.2) is 11.5 Å². The standard InChI is InChI=1S/C17H15BrN2/c18-12-6-7-16-14(10-12)15-11-20(9-8-17(15)19-16)13-4-2-1-3-5-13/h1-7,10,19H,8-9,11H2. The summed E-state index contributed by atoms with van der Waals surface area (Å²) in [6, 6.07) is 17.1. The number of hydrogen-bond acceptors (Lipinski definition) is 1. The average molecular weight is 327 g/mol. The SMILES string of the molecule is Brc1ccc2[nH]c3c(c2c1)CN(c1ccccc1)CC3. The maximum atomic E-state index is 3.58. The van der Waals surface area contributed by atoms with Crippen molar-refractivity contribution < 1.29 is 0 Å². The predicted molar refractivity (Wildman–Crippen MR) is 87.2 cm³/mol. The van der Waals surface area contributed by atoms with Crippen LogP contribution in [0.15, 0.2) is 53.0 Å². The van der Waals surface area contributed by atoms with E-state index in [9.17, 15) is 0 Å². The molecule has 1 N–H and O–H groups in total. The molecule has 100 valence electrons. The van der Waals surface area contributed by atoms with Gasteiger partial charge in [-0.25, -0.2) is 0 Å². The Morgan fingerprint density at radius 3 is 2.75 bits per heavy atom. The van der Waals surface area contributed by atoms with Gasteiger partial charge in [0.05, 0.1) is 0 Å². The third-order valence-corrected chi connectivity index (χ3v) is 4.55. The second-order valence-corrected chi connectivity index (χ2v) is 6.19. The third kappa shape index (κ3) is 1.93. The molecular formula is C17H15BrN2. The zero-order chi connectivity index (χ0) is 13.5. The van der Waals surface area contributed by atoms with Crippen molar-refractivity contribution in [3.05, 3.63) is 64.3 Å². The van der Waals surface area contributed by atoms with Crippen molar-refractivity contribution in [2.45, 2.75) is 13.0 Å². The predicted octanol–water partition coefficient (Wildman–Crippen LogP) is 4.49. The highest BCUT2D eigenvalue weighted by atomic mass is 79.9. The van der Waals surface area contributed by atoms with Gasteiger partial charge in [-0.2, -0.15) is 0 Å². The Labute approximate surface area is 126 Å². The van der Waals surface area contributed by atoms with Crippen LogP contribution in [-0.2, 0) is 13.0 Å². The molecule has 3 heteroatoms. The molecule has 1 aliphatic heterocycles. The van der Waals surface area contributed by atoms with Gasteiger partial charge < -0.3 is 9.88 Å². The van der Waals surface area contributed by atoms with Crippen molar-refractivity contribution in [3.63, 3.8) is 0 Å². The number of para-hydroxylation sites is 1. The van der Waals surface area contributed by atoms with E-state index in [-0.39, 0.29) is 0 Å². The van der Waals surface area contributed by atoms with E-state index in [1.54, 1.807) is 0 Å².